The van der Waals surface area contributed by atoms with Crippen molar-refractivity contribution in [2.24, 2.45) is 0 Å². The van der Waals surface area contributed by atoms with Crippen LogP contribution < -0.4 is 4.84 Å². The average Bonchev–Trinajstić information content (AvgIpc) is 2.60. The molecule has 0 aliphatic rings. The molecule has 0 amide bonds. The van der Waals surface area contributed by atoms with Gasteiger partial charge in [0, 0.05) is 6.54 Å². The number of carbonyl (C=O) groups is 1. The second-order valence-electron chi connectivity index (χ2n) is 5.96. The van der Waals surface area contributed by atoms with E-state index < -0.39 is 27.7 Å². The van der Waals surface area contributed by atoms with Gasteiger partial charge in [-0.2, -0.15) is 13.2 Å². The highest BCUT2D eigenvalue weighted by molar-refractivity contribution is 7.89. The maximum atomic E-state index is 12.9. The first-order chi connectivity index (χ1) is 12.9. The number of carboxylic acids is 1. The summed E-state index contributed by atoms with van der Waals surface area (Å²) in [5.74, 6) is -1.38. The van der Waals surface area contributed by atoms with E-state index in [1.54, 1.807) is 13.8 Å². The van der Waals surface area contributed by atoms with E-state index in [4.69, 9.17) is 4.84 Å². The largest absolute Gasteiger partial charge is 0.478 e. The van der Waals surface area contributed by atoms with Gasteiger partial charge in [0.15, 0.2) is 0 Å². The number of aryl methyl sites for hydroxylation is 1. The van der Waals surface area contributed by atoms with E-state index in [9.17, 15) is 31.5 Å². The molecule has 0 heterocycles. The lowest BCUT2D eigenvalue weighted by molar-refractivity contribution is -0.137. The van der Waals surface area contributed by atoms with Crippen molar-refractivity contribution in [3.63, 3.8) is 0 Å². The van der Waals surface area contributed by atoms with Crippen LogP contribution in [0.3, 0.4) is 0 Å². The van der Waals surface area contributed by atoms with Gasteiger partial charge in [-0.1, -0.05) is 0 Å². The molecule has 0 spiro atoms. The Morgan fingerprint density at radius 2 is 1.71 bits per heavy atom. The number of hydroxylamine groups is 1. The van der Waals surface area contributed by atoms with Crippen molar-refractivity contribution < 1.29 is 36.3 Å². The van der Waals surface area contributed by atoms with Crippen molar-refractivity contribution in [1.82, 2.24) is 4.47 Å². The third kappa shape index (κ3) is 4.45. The van der Waals surface area contributed by atoms with E-state index >= 15 is 0 Å². The summed E-state index contributed by atoms with van der Waals surface area (Å²) in [6.45, 7) is 4.46. The van der Waals surface area contributed by atoms with Crippen molar-refractivity contribution in [1.29, 1.82) is 0 Å². The van der Waals surface area contributed by atoms with Gasteiger partial charge < -0.3 is 9.94 Å². The van der Waals surface area contributed by atoms with Crippen molar-refractivity contribution in [3.8, 4) is 5.75 Å². The summed E-state index contributed by atoms with van der Waals surface area (Å²) in [4.78, 5) is 16.3. The SMILES string of the molecule is CCN(Oc1ccc(C(F)(F)F)cc1)S(=O)(=O)c1cc(C)c(C)c(C(=O)O)c1. The minimum Gasteiger partial charge on any atom is -0.478 e. The number of hydrogen-bond donors (Lipinski definition) is 1. The molecule has 0 aliphatic heterocycles. The van der Waals surface area contributed by atoms with Crippen molar-refractivity contribution in [3.05, 3.63) is 58.7 Å². The number of halogens is 3. The zero-order valence-corrected chi connectivity index (χ0v) is 16.1. The molecule has 2 aromatic rings. The first kappa shape index (κ1) is 21.7. The Kier molecular flexibility index (Phi) is 6.05. The zero-order chi connectivity index (χ0) is 21.3. The van der Waals surface area contributed by atoms with Crippen LogP contribution in [0.4, 0.5) is 13.2 Å². The maximum absolute atomic E-state index is 12.9. The highest BCUT2D eigenvalue weighted by Gasteiger charge is 2.31. The number of rotatable bonds is 6. The smallest absolute Gasteiger partial charge is 0.416 e. The van der Waals surface area contributed by atoms with Gasteiger partial charge >= 0.3 is 12.1 Å². The first-order valence-electron chi connectivity index (χ1n) is 8.10. The van der Waals surface area contributed by atoms with Crippen molar-refractivity contribution in [2.75, 3.05) is 6.54 Å². The van der Waals surface area contributed by atoms with Crippen LogP contribution in [0, 0.1) is 13.8 Å². The fraction of sp³-hybridized carbons (Fsp3) is 0.278. The number of alkyl halides is 3. The topological polar surface area (TPSA) is 83.9 Å². The molecule has 2 aromatic carbocycles. The lowest BCUT2D eigenvalue weighted by atomic mass is 10.0. The average molecular weight is 417 g/mol. The molecule has 0 unspecified atom stereocenters. The summed E-state index contributed by atoms with van der Waals surface area (Å²) < 4.78 is 64.2. The van der Waals surface area contributed by atoms with Gasteiger partial charge in [-0.3, -0.25) is 0 Å². The summed E-state index contributed by atoms with van der Waals surface area (Å²) in [7, 11) is -4.26. The van der Waals surface area contributed by atoms with Gasteiger partial charge in [0.25, 0.3) is 10.0 Å². The van der Waals surface area contributed by atoms with Crippen LogP contribution in [-0.4, -0.2) is 30.5 Å². The lowest BCUT2D eigenvalue weighted by Gasteiger charge is -2.21. The molecule has 2 rings (SSSR count). The van der Waals surface area contributed by atoms with Gasteiger partial charge in [-0.25, -0.2) is 13.2 Å². The van der Waals surface area contributed by atoms with Crippen LogP contribution >= 0.6 is 0 Å². The van der Waals surface area contributed by atoms with Crippen LogP contribution in [0.1, 0.15) is 34.0 Å². The molecule has 0 aromatic heterocycles. The molecule has 0 fully saturated rings. The van der Waals surface area contributed by atoms with Gasteiger partial charge in [0.1, 0.15) is 5.75 Å². The number of hydrogen-bond acceptors (Lipinski definition) is 4. The lowest BCUT2D eigenvalue weighted by Crippen LogP contribution is -2.34. The molecule has 152 valence electrons. The highest BCUT2D eigenvalue weighted by Crippen LogP contribution is 2.31. The Hall–Kier alpha value is -2.59. The zero-order valence-electron chi connectivity index (χ0n) is 15.2. The second-order valence-corrected chi connectivity index (χ2v) is 7.78. The van der Waals surface area contributed by atoms with E-state index in [0.29, 0.717) is 15.6 Å². The number of aromatic carboxylic acids is 1. The third-order valence-electron chi connectivity index (χ3n) is 4.08. The molecular formula is C18H18F3NO5S. The molecular weight excluding hydrogens is 399 g/mol. The Balaban J connectivity index is 2.39. The molecule has 0 saturated carbocycles. The summed E-state index contributed by atoms with van der Waals surface area (Å²) in [6, 6.07) is 5.89. The molecule has 0 saturated heterocycles. The maximum Gasteiger partial charge on any atom is 0.416 e. The molecule has 1 N–H and O–H groups in total. The Bertz CT molecular complexity index is 986. The number of nitrogens with zero attached hydrogens (tertiary/aromatic N) is 1. The summed E-state index contributed by atoms with van der Waals surface area (Å²) in [6.07, 6.45) is -4.53. The summed E-state index contributed by atoms with van der Waals surface area (Å²) in [5, 5.41) is 9.27. The number of carboxylic acid groups (broad SMARTS) is 1. The van der Waals surface area contributed by atoms with Gasteiger partial charge in [-0.15, -0.1) is 0 Å². The van der Waals surface area contributed by atoms with Crippen LogP contribution in [0.2, 0.25) is 0 Å². The van der Waals surface area contributed by atoms with E-state index in [-0.39, 0.29) is 22.8 Å². The van der Waals surface area contributed by atoms with E-state index in [1.165, 1.54) is 13.0 Å². The predicted octanol–water partition coefficient (Wildman–Crippen LogP) is 4.03. The monoisotopic (exact) mass is 417 g/mol. The Morgan fingerprint density at radius 3 is 2.18 bits per heavy atom. The minimum absolute atomic E-state index is 0.110. The minimum atomic E-state index is -4.53. The highest BCUT2D eigenvalue weighted by atomic mass is 32.2. The fourth-order valence-corrected chi connectivity index (χ4v) is 3.77. The predicted molar refractivity (Wildman–Crippen MR) is 94.5 cm³/mol. The van der Waals surface area contributed by atoms with E-state index in [1.807, 2.05) is 0 Å². The van der Waals surface area contributed by atoms with E-state index in [2.05, 4.69) is 0 Å². The van der Waals surface area contributed by atoms with Gasteiger partial charge in [0.2, 0.25) is 0 Å². The standard InChI is InChI=1S/C18H18F3NO5S/c1-4-22(27-14-7-5-13(6-8-14)18(19,20)21)28(25,26)15-9-11(2)12(3)16(10-15)17(23)24/h5-10H,4H2,1-3H3,(H,23,24). The molecule has 0 radical (unpaired) electrons. The molecule has 0 aliphatic carbocycles. The van der Waals surface area contributed by atoms with Gasteiger partial charge in [-0.05, 0) is 72.8 Å². The number of benzene rings is 2. The third-order valence-corrected chi connectivity index (χ3v) is 5.78. The summed E-state index contributed by atoms with van der Waals surface area (Å²) >= 11 is 0. The Morgan fingerprint density at radius 1 is 1.14 bits per heavy atom. The Labute approximate surface area is 160 Å². The fourth-order valence-electron chi connectivity index (χ4n) is 2.42. The van der Waals surface area contributed by atoms with Gasteiger partial charge in [0.05, 0.1) is 16.0 Å². The molecule has 10 heteroatoms. The quantitative estimate of drug-likeness (QED) is 0.718. The second kappa shape index (κ2) is 7.80. The molecule has 28 heavy (non-hydrogen) atoms. The van der Waals surface area contributed by atoms with Crippen LogP contribution in [0.15, 0.2) is 41.3 Å². The van der Waals surface area contributed by atoms with Crippen LogP contribution in [0.25, 0.3) is 0 Å². The van der Waals surface area contributed by atoms with Crippen molar-refractivity contribution >= 4 is 16.0 Å². The molecule has 0 bridgehead atoms. The van der Waals surface area contributed by atoms with E-state index in [0.717, 1.165) is 30.3 Å². The van der Waals surface area contributed by atoms with Crippen LogP contribution in [0.5, 0.6) is 5.75 Å². The number of sulfonamides is 1. The normalized spacial score (nSPS) is 12.2. The first-order valence-corrected chi connectivity index (χ1v) is 9.54. The van der Waals surface area contributed by atoms with Crippen LogP contribution in [-0.2, 0) is 16.2 Å². The molecule has 0 atom stereocenters. The molecule has 6 nitrogen and oxygen atoms in total. The van der Waals surface area contributed by atoms with Crippen molar-refractivity contribution in [2.45, 2.75) is 31.8 Å². The summed E-state index contributed by atoms with van der Waals surface area (Å²) in [5.41, 5.74) is -0.169.